The number of carbonyl (C=O) groups excluding carboxylic acids is 1. The molecule has 0 bridgehead atoms. The van der Waals surface area contributed by atoms with Gasteiger partial charge in [-0.2, -0.15) is 0 Å². The van der Waals surface area contributed by atoms with Gasteiger partial charge in [0.05, 0.1) is 6.61 Å². The second-order valence-electron chi connectivity index (χ2n) is 6.97. The molecule has 0 heterocycles. The van der Waals surface area contributed by atoms with Gasteiger partial charge in [-0.05, 0) is 43.0 Å². The molecule has 2 atom stereocenters. The zero-order valence-electron chi connectivity index (χ0n) is 13.8. The van der Waals surface area contributed by atoms with Crippen LogP contribution in [0, 0.1) is 11.2 Å². The zero-order valence-corrected chi connectivity index (χ0v) is 13.8. The summed E-state index contributed by atoms with van der Waals surface area (Å²) in [6, 6.07) is 5.59. The molecule has 4 nitrogen and oxygen atoms in total. The van der Waals surface area contributed by atoms with Crippen molar-refractivity contribution < 1.29 is 14.3 Å². The summed E-state index contributed by atoms with van der Waals surface area (Å²) in [7, 11) is 0. The van der Waals surface area contributed by atoms with Crippen LogP contribution < -0.4 is 10.6 Å². The molecule has 0 radical (unpaired) electrons. The summed E-state index contributed by atoms with van der Waals surface area (Å²) in [5.41, 5.74) is 0.684. The van der Waals surface area contributed by atoms with Crippen molar-refractivity contribution in [1.82, 2.24) is 5.32 Å². The lowest BCUT2D eigenvalue weighted by Gasteiger charge is -2.28. The third kappa shape index (κ3) is 7.52. The predicted molar refractivity (Wildman–Crippen MR) is 87.2 cm³/mol. The molecule has 3 N–H and O–H groups in total. The molecule has 0 aliphatic rings. The number of hydrogen-bond acceptors (Lipinski definition) is 3. The Hall–Kier alpha value is -1.46. The van der Waals surface area contributed by atoms with Crippen LogP contribution in [0.1, 0.15) is 40.5 Å². The van der Waals surface area contributed by atoms with Gasteiger partial charge >= 0.3 is 0 Å². The van der Waals surface area contributed by atoms with Gasteiger partial charge in [-0.3, -0.25) is 4.79 Å². The molecule has 0 saturated heterocycles. The number of rotatable bonds is 7. The van der Waals surface area contributed by atoms with Crippen molar-refractivity contribution in [3.05, 3.63) is 30.1 Å². The Kier molecular flexibility index (Phi) is 6.97. The largest absolute Gasteiger partial charge is 0.395 e. The number of benzene rings is 1. The number of carbonyl (C=O) groups is 1. The molecule has 124 valence electrons. The van der Waals surface area contributed by atoms with Gasteiger partial charge < -0.3 is 15.7 Å². The van der Waals surface area contributed by atoms with E-state index in [1.54, 1.807) is 0 Å². The van der Waals surface area contributed by atoms with Gasteiger partial charge in [0.25, 0.3) is 0 Å². The molecule has 2 unspecified atom stereocenters. The van der Waals surface area contributed by atoms with E-state index in [2.05, 4.69) is 31.4 Å². The maximum atomic E-state index is 12.8. The van der Waals surface area contributed by atoms with Crippen molar-refractivity contribution in [3.8, 4) is 0 Å². The zero-order chi connectivity index (χ0) is 16.8. The minimum absolute atomic E-state index is 0.0337. The van der Waals surface area contributed by atoms with E-state index in [0.29, 0.717) is 5.69 Å². The lowest BCUT2D eigenvalue weighted by atomic mass is 9.88. The molecule has 0 spiro atoms. The maximum Gasteiger partial charge on any atom is 0.225 e. The molecular formula is C17H27FN2O2. The van der Waals surface area contributed by atoms with Crippen LogP contribution in [0.25, 0.3) is 0 Å². The molecule has 0 aromatic heterocycles. The molecule has 1 rings (SSSR count). The maximum absolute atomic E-state index is 12.8. The van der Waals surface area contributed by atoms with Gasteiger partial charge in [-0.25, -0.2) is 4.39 Å². The summed E-state index contributed by atoms with van der Waals surface area (Å²) in [6.45, 7) is 8.30. The van der Waals surface area contributed by atoms with Crippen LogP contribution in [-0.2, 0) is 4.79 Å². The van der Waals surface area contributed by atoms with Crippen molar-refractivity contribution in [3.63, 3.8) is 0 Å². The summed E-state index contributed by atoms with van der Waals surface area (Å²) in [6.07, 6.45) is 1.12. The first-order valence-corrected chi connectivity index (χ1v) is 7.62. The van der Waals surface area contributed by atoms with E-state index >= 15 is 0 Å². The van der Waals surface area contributed by atoms with Crippen molar-refractivity contribution in [2.45, 2.75) is 52.6 Å². The van der Waals surface area contributed by atoms with Gasteiger partial charge in [0.2, 0.25) is 5.91 Å². The predicted octanol–water partition coefficient (Wildman–Crippen LogP) is 2.93. The number of halogens is 1. The van der Waals surface area contributed by atoms with E-state index in [9.17, 15) is 14.3 Å². The highest BCUT2D eigenvalue weighted by Crippen LogP contribution is 2.21. The smallest absolute Gasteiger partial charge is 0.225 e. The molecular weight excluding hydrogens is 283 g/mol. The molecule has 1 aromatic carbocycles. The Morgan fingerprint density at radius 2 is 1.86 bits per heavy atom. The van der Waals surface area contributed by atoms with Crippen LogP contribution in [0.3, 0.4) is 0 Å². The molecule has 0 saturated carbocycles. The fraction of sp³-hybridized carbons (Fsp3) is 0.588. The van der Waals surface area contributed by atoms with Crippen molar-refractivity contribution in [2.75, 3.05) is 11.9 Å². The highest BCUT2D eigenvalue weighted by Gasteiger charge is 2.20. The van der Waals surface area contributed by atoms with E-state index in [1.165, 1.54) is 24.3 Å². The SMILES string of the molecule is CC(CC(=O)Nc1ccc(F)cc1)NC(CO)CC(C)(C)C. The number of nitrogens with one attached hydrogen (secondary N) is 2. The van der Waals surface area contributed by atoms with Crippen LogP contribution >= 0.6 is 0 Å². The first kappa shape index (κ1) is 18.6. The van der Waals surface area contributed by atoms with Crippen molar-refractivity contribution >= 4 is 11.6 Å². The Bertz CT molecular complexity index is 469. The second-order valence-corrected chi connectivity index (χ2v) is 6.97. The molecule has 0 aliphatic carbocycles. The highest BCUT2D eigenvalue weighted by molar-refractivity contribution is 5.91. The molecule has 0 aliphatic heterocycles. The fourth-order valence-electron chi connectivity index (χ4n) is 2.40. The molecule has 22 heavy (non-hydrogen) atoms. The number of amides is 1. The number of hydrogen-bond donors (Lipinski definition) is 3. The summed E-state index contributed by atoms with van der Waals surface area (Å²) < 4.78 is 12.8. The first-order valence-electron chi connectivity index (χ1n) is 7.62. The number of aliphatic hydroxyl groups is 1. The summed E-state index contributed by atoms with van der Waals surface area (Å²) in [5, 5.41) is 15.4. The molecule has 5 heteroatoms. The Balaban J connectivity index is 2.44. The summed E-state index contributed by atoms with van der Waals surface area (Å²) in [5.74, 6) is -0.472. The normalized spacial score (nSPS) is 14.5. The average Bonchev–Trinajstić information content (AvgIpc) is 2.38. The summed E-state index contributed by atoms with van der Waals surface area (Å²) in [4.78, 5) is 12.0. The van der Waals surface area contributed by atoms with Crippen molar-refractivity contribution in [2.24, 2.45) is 5.41 Å². The van der Waals surface area contributed by atoms with E-state index < -0.39 is 0 Å². The Morgan fingerprint density at radius 1 is 1.27 bits per heavy atom. The van der Waals surface area contributed by atoms with Gasteiger partial charge in [0.1, 0.15) is 5.82 Å². The quantitative estimate of drug-likeness (QED) is 0.725. The van der Waals surface area contributed by atoms with Crippen LogP contribution in [0.2, 0.25) is 0 Å². The van der Waals surface area contributed by atoms with E-state index in [0.717, 1.165) is 6.42 Å². The average molecular weight is 310 g/mol. The molecule has 1 aromatic rings. The second kappa shape index (κ2) is 8.25. The van der Waals surface area contributed by atoms with Crippen LogP contribution in [0.5, 0.6) is 0 Å². The third-order valence-corrected chi connectivity index (χ3v) is 3.22. The van der Waals surface area contributed by atoms with Crippen molar-refractivity contribution in [1.29, 1.82) is 0 Å². The van der Waals surface area contributed by atoms with Crippen LogP contribution in [0.15, 0.2) is 24.3 Å². The van der Waals surface area contributed by atoms with Gasteiger partial charge in [-0.15, -0.1) is 0 Å². The third-order valence-electron chi connectivity index (χ3n) is 3.22. The Morgan fingerprint density at radius 3 is 2.36 bits per heavy atom. The minimum Gasteiger partial charge on any atom is -0.395 e. The van der Waals surface area contributed by atoms with E-state index in [-0.39, 0.29) is 42.3 Å². The number of anilines is 1. The lowest BCUT2D eigenvalue weighted by Crippen LogP contribution is -2.42. The fourth-order valence-corrected chi connectivity index (χ4v) is 2.40. The van der Waals surface area contributed by atoms with Crippen LogP contribution in [-0.4, -0.2) is 29.7 Å². The topological polar surface area (TPSA) is 61.4 Å². The molecule has 1 amide bonds. The highest BCUT2D eigenvalue weighted by atomic mass is 19.1. The Labute approximate surface area is 132 Å². The van der Waals surface area contributed by atoms with Gasteiger partial charge in [-0.1, -0.05) is 20.8 Å². The van der Waals surface area contributed by atoms with Gasteiger partial charge in [0, 0.05) is 24.2 Å². The van der Waals surface area contributed by atoms with Crippen LogP contribution in [0.4, 0.5) is 10.1 Å². The van der Waals surface area contributed by atoms with E-state index in [4.69, 9.17) is 0 Å². The monoisotopic (exact) mass is 310 g/mol. The number of aliphatic hydroxyl groups excluding tert-OH is 1. The lowest BCUT2D eigenvalue weighted by molar-refractivity contribution is -0.116. The van der Waals surface area contributed by atoms with E-state index in [1.807, 2.05) is 6.92 Å². The minimum atomic E-state index is -0.332. The molecule has 0 fully saturated rings. The van der Waals surface area contributed by atoms with Gasteiger partial charge in [0.15, 0.2) is 0 Å². The first-order chi connectivity index (χ1) is 10.2. The summed E-state index contributed by atoms with van der Waals surface area (Å²) >= 11 is 0. The standard InChI is InChI=1S/C17H27FN2O2/c1-12(19-15(11-21)10-17(2,3)4)9-16(22)20-14-7-5-13(18)6-8-14/h5-8,12,15,19,21H,9-11H2,1-4H3,(H,20,22).